The molecule has 0 aromatic heterocycles. The molecule has 3 nitrogen and oxygen atoms in total. The maximum atomic E-state index is 13.8. The molecule has 1 atom stereocenters. The van der Waals surface area contributed by atoms with Gasteiger partial charge in [0.2, 0.25) is 0 Å². The number of hydrogen-bond donors (Lipinski definition) is 2. The summed E-state index contributed by atoms with van der Waals surface area (Å²) in [6.45, 7) is 5.98. The lowest BCUT2D eigenvalue weighted by Crippen LogP contribution is -2.25. The standard InChI is InChI=1S/C14H19F2NO2/c1-4-9(5-2)8(3)17-11-7-6-10(14(18)19)12(15)13(11)16/h6-9,17H,4-5H2,1-3H3,(H,18,19). The first-order valence-electron chi connectivity index (χ1n) is 6.40. The summed E-state index contributed by atoms with van der Waals surface area (Å²) < 4.78 is 27.3. The van der Waals surface area contributed by atoms with Crippen LogP contribution >= 0.6 is 0 Å². The molecule has 0 aliphatic carbocycles. The second-order valence-corrected chi connectivity index (χ2v) is 4.60. The molecular formula is C14H19F2NO2. The lowest BCUT2D eigenvalue weighted by atomic mass is 9.95. The van der Waals surface area contributed by atoms with Crippen LogP contribution in [0.5, 0.6) is 0 Å². The van der Waals surface area contributed by atoms with Crippen LogP contribution in [0.25, 0.3) is 0 Å². The molecule has 0 aliphatic rings. The van der Waals surface area contributed by atoms with Crippen LogP contribution in [0.15, 0.2) is 12.1 Å². The van der Waals surface area contributed by atoms with E-state index in [-0.39, 0.29) is 11.7 Å². The van der Waals surface area contributed by atoms with Gasteiger partial charge in [-0.1, -0.05) is 26.7 Å². The SMILES string of the molecule is CCC(CC)C(C)Nc1ccc(C(=O)O)c(F)c1F. The number of carboxylic acids is 1. The van der Waals surface area contributed by atoms with Gasteiger partial charge in [-0.2, -0.15) is 0 Å². The first-order chi connectivity index (χ1) is 8.92. The second kappa shape index (κ2) is 6.50. The molecule has 0 aliphatic heterocycles. The zero-order valence-corrected chi connectivity index (χ0v) is 11.3. The molecule has 0 amide bonds. The van der Waals surface area contributed by atoms with E-state index in [9.17, 15) is 13.6 Å². The highest BCUT2D eigenvalue weighted by molar-refractivity contribution is 5.88. The quantitative estimate of drug-likeness (QED) is 0.825. The van der Waals surface area contributed by atoms with Gasteiger partial charge in [0.1, 0.15) is 0 Å². The molecule has 0 radical (unpaired) electrons. The van der Waals surface area contributed by atoms with Crippen molar-refractivity contribution in [2.75, 3.05) is 5.32 Å². The van der Waals surface area contributed by atoms with E-state index in [1.54, 1.807) is 0 Å². The highest BCUT2D eigenvalue weighted by atomic mass is 19.2. The molecule has 0 bridgehead atoms. The Labute approximate surface area is 111 Å². The average Bonchev–Trinajstić information content (AvgIpc) is 2.36. The zero-order valence-electron chi connectivity index (χ0n) is 11.3. The molecule has 1 aromatic rings. The van der Waals surface area contributed by atoms with Crippen LogP contribution in [0.2, 0.25) is 0 Å². The van der Waals surface area contributed by atoms with Crippen LogP contribution in [0, 0.1) is 17.6 Å². The number of anilines is 1. The minimum atomic E-state index is -1.48. The number of benzene rings is 1. The minimum absolute atomic E-state index is 0.00176. The number of rotatable bonds is 6. The maximum absolute atomic E-state index is 13.8. The predicted molar refractivity (Wildman–Crippen MR) is 70.5 cm³/mol. The average molecular weight is 271 g/mol. The highest BCUT2D eigenvalue weighted by Gasteiger charge is 2.20. The van der Waals surface area contributed by atoms with Gasteiger partial charge in [0.15, 0.2) is 11.6 Å². The maximum Gasteiger partial charge on any atom is 0.338 e. The summed E-state index contributed by atoms with van der Waals surface area (Å²) in [5, 5.41) is 11.6. The van der Waals surface area contributed by atoms with Gasteiger partial charge in [0.05, 0.1) is 11.3 Å². The number of aromatic carboxylic acids is 1. The molecule has 1 unspecified atom stereocenters. The van der Waals surface area contributed by atoms with Gasteiger partial charge < -0.3 is 10.4 Å². The third kappa shape index (κ3) is 3.43. The van der Waals surface area contributed by atoms with E-state index in [1.807, 2.05) is 20.8 Å². The summed E-state index contributed by atoms with van der Waals surface area (Å²) in [7, 11) is 0. The van der Waals surface area contributed by atoms with E-state index in [1.165, 1.54) is 6.07 Å². The summed E-state index contributed by atoms with van der Waals surface area (Å²) in [4.78, 5) is 10.7. The monoisotopic (exact) mass is 271 g/mol. The molecule has 0 saturated carbocycles. The smallest absolute Gasteiger partial charge is 0.338 e. The largest absolute Gasteiger partial charge is 0.478 e. The molecule has 1 aromatic carbocycles. The van der Waals surface area contributed by atoms with Crippen molar-refractivity contribution in [1.82, 2.24) is 0 Å². The topological polar surface area (TPSA) is 49.3 Å². The molecule has 19 heavy (non-hydrogen) atoms. The van der Waals surface area contributed by atoms with Gasteiger partial charge in [-0.25, -0.2) is 13.6 Å². The molecule has 1 rings (SSSR count). The predicted octanol–water partition coefficient (Wildman–Crippen LogP) is 3.90. The van der Waals surface area contributed by atoms with Crippen molar-refractivity contribution >= 4 is 11.7 Å². The fourth-order valence-electron chi connectivity index (χ4n) is 2.19. The molecule has 0 heterocycles. The van der Waals surface area contributed by atoms with Crippen molar-refractivity contribution in [2.45, 2.75) is 39.7 Å². The Morgan fingerprint density at radius 1 is 1.26 bits per heavy atom. The molecule has 106 valence electrons. The summed E-state index contributed by atoms with van der Waals surface area (Å²) >= 11 is 0. The van der Waals surface area contributed by atoms with E-state index >= 15 is 0 Å². The van der Waals surface area contributed by atoms with E-state index < -0.39 is 23.2 Å². The minimum Gasteiger partial charge on any atom is -0.478 e. The number of halogens is 2. The zero-order chi connectivity index (χ0) is 14.6. The van der Waals surface area contributed by atoms with E-state index in [0.29, 0.717) is 5.92 Å². The lowest BCUT2D eigenvalue weighted by Gasteiger charge is -2.24. The number of carboxylic acid groups (broad SMARTS) is 1. The van der Waals surface area contributed by atoms with Crippen molar-refractivity contribution in [3.8, 4) is 0 Å². The van der Waals surface area contributed by atoms with E-state index in [2.05, 4.69) is 5.32 Å². The van der Waals surface area contributed by atoms with Crippen molar-refractivity contribution in [3.05, 3.63) is 29.3 Å². The van der Waals surface area contributed by atoms with Gasteiger partial charge in [-0.3, -0.25) is 0 Å². The molecule has 5 heteroatoms. The molecular weight excluding hydrogens is 252 g/mol. The second-order valence-electron chi connectivity index (χ2n) is 4.60. The van der Waals surface area contributed by atoms with Crippen molar-refractivity contribution in [3.63, 3.8) is 0 Å². The van der Waals surface area contributed by atoms with Crippen molar-refractivity contribution in [2.24, 2.45) is 5.92 Å². The highest BCUT2D eigenvalue weighted by Crippen LogP contribution is 2.24. The number of carbonyl (C=O) groups is 1. The summed E-state index contributed by atoms with van der Waals surface area (Å²) in [6.07, 6.45) is 1.87. The Morgan fingerprint density at radius 3 is 2.32 bits per heavy atom. The number of nitrogens with one attached hydrogen (secondary N) is 1. The van der Waals surface area contributed by atoms with Gasteiger partial charge in [0, 0.05) is 6.04 Å². The summed E-state index contributed by atoms with van der Waals surface area (Å²) in [5.74, 6) is -3.59. The Kier molecular flexibility index (Phi) is 5.27. The Hall–Kier alpha value is -1.65. The third-order valence-electron chi connectivity index (χ3n) is 3.45. The van der Waals surface area contributed by atoms with Crippen LogP contribution in [0.1, 0.15) is 44.0 Å². The Bertz CT molecular complexity index is 459. The van der Waals surface area contributed by atoms with Gasteiger partial charge in [-0.05, 0) is 25.0 Å². The number of hydrogen-bond acceptors (Lipinski definition) is 2. The fourth-order valence-corrected chi connectivity index (χ4v) is 2.19. The summed E-state index contributed by atoms with van der Waals surface area (Å²) in [5.41, 5.74) is -0.653. The Morgan fingerprint density at radius 2 is 1.84 bits per heavy atom. The van der Waals surface area contributed by atoms with Crippen LogP contribution < -0.4 is 5.32 Å². The summed E-state index contributed by atoms with van der Waals surface area (Å²) in [6, 6.07) is 2.32. The molecule has 2 N–H and O–H groups in total. The van der Waals surface area contributed by atoms with Crippen LogP contribution in [-0.4, -0.2) is 17.1 Å². The van der Waals surface area contributed by atoms with E-state index in [4.69, 9.17) is 5.11 Å². The Balaban J connectivity index is 2.97. The van der Waals surface area contributed by atoms with Gasteiger partial charge >= 0.3 is 5.97 Å². The van der Waals surface area contributed by atoms with Gasteiger partial charge in [0.25, 0.3) is 0 Å². The van der Waals surface area contributed by atoms with Crippen molar-refractivity contribution < 1.29 is 18.7 Å². The lowest BCUT2D eigenvalue weighted by molar-refractivity contribution is 0.0690. The first kappa shape index (κ1) is 15.4. The molecule has 0 fully saturated rings. The molecule has 0 spiro atoms. The van der Waals surface area contributed by atoms with Gasteiger partial charge in [-0.15, -0.1) is 0 Å². The van der Waals surface area contributed by atoms with Crippen LogP contribution in [0.3, 0.4) is 0 Å². The van der Waals surface area contributed by atoms with Crippen molar-refractivity contribution in [1.29, 1.82) is 0 Å². The van der Waals surface area contributed by atoms with Crippen LogP contribution in [-0.2, 0) is 0 Å². The fraction of sp³-hybridized carbons (Fsp3) is 0.500. The van der Waals surface area contributed by atoms with E-state index in [0.717, 1.165) is 18.9 Å². The molecule has 0 saturated heterocycles. The third-order valence-corrected chi connectivity index (χ3v) is 3.45. The normalized spacial score (nSPS) is 12.5. The van der Waals surface area contributed by atoms with Crippen LogP contribution in [0.4, 0.5) is 14.5 Å². The first-order valence-corrected chi connectivity index (χ1v) is 6.40.